The van der Waals surface area contributed by atoms with Gasteiger partial charge in [-0.1, -0.05) is 0 Å². The average Bonchev–Trinajstić information content (AvgIpc) is 2.16. The van der Waals surface area contributed by atoms with Crippen LogP contribution in [0.1, 0.15) is 10.4 Å². The van der Waals surface area contributed by atoms with Gasteiger partial charge in [-0.25, -0.2) is 9.37 Å². The van der Waals surface area contributed by atoms with Gasteiger partial charge in [0.2, 0.25) is 5.88 Å². The van der Waals surface area contributed by atoms with Crippen LogP contribution >= 0.6 is 11.6 Å². The number of halogens is 4. The molecular formula is C8H5ClF3NO2. The van der Waals surface area contributed by atoms with Crippen molar-refractivity contribution in [3.05, 3.63) is 23.6 Å². The number of aromatic nitrogens is 1. The lowest BCUT2D eigenvalue weighted by molar-refractivity contribution is 0.0531. The Balaban J connectivity index is 3.19. The molecule has 0 fully saturated rings. The fourth-order valence-corrected chi connectivity index (χ4v) is 0.960. The van der Waals surface area contributed by atoms with E-state index < -0.39 is 22.5 Å². The third-order valence-corrected chi connectivity index (χ3v) is 1.71. The van der Waals surface area contributed by atoms with Crippen LogP contribution in [0, 0.1) is 5.82 Å². The SMILES string of the molecule is COc1cc(C(=O)C(F)(F)Cl)c(F)cn1. The van der Waals surface area contributed by atoms with Crippen molar-refractivity contribution in [2.75, 3.05) is 7.11 Å². The molecule has 3 nitrogen and oxygen atoms in total. The lowest BCUT2D eigenvalue weighted by Gasteiger charge is -2.08. The number of carbonyl (C=O) groups excluding carboxylic acids is 1. The fraction of sp³-hybridized carbons (Fsp3) is 0.250. The number of alkyl halides is 3. The van der Waals surface area contributed by atoms with Gasteiger partial charge in [0.15, 0.2) is 5.82 Å². The zero-order chi connectivity index (χ0) is 11.6. The van der Waals surface area contributed by atoms with Crippen LogP contribution in [-0.2, 0) is 0 Å². The Kier molecular flexibility index (Phi) is 3.18. The van der Waals surface area contributed by atoms with Gasteiger partial charge < -0.3 is 4.74 Å². The van der Waals surface area contributed by atoms with Gasteiger partial charge in [0, 0.05) is 6.07 Å². The van der Waals surface area contributed by atoms with Crippen LogP contribution in [0.15, 0.2) is 12.3 Å². The van der Waals surface area contributed by atoms with E-state index in [1.165, 1.54) is 7.11 Å². The molecule has 0 saturated carbocycles. The molecule has 7 heteroatoms. The third-order valence-electron chi connectivity index (χ3n) is 1.54. The third kappa shape index (κ3) is 2.59. The van der Waals surface area contributed by atoms with Gasteiger partial charge in [0.25, 0.3) is 5.78 Å². The maximum atomic E-state index is 13.0. The Morgan fingerprint density at radius 1 is 1.60 bits per heavy atom. The summed E-state index contributed by atoms with van der Waals surface area (Å²) in [7, 11) is 1.20. The Morgan fingerprint density at radius 3 is 2.67 bits per heavy atom. The van der Waals surface area contributed by atoms with Gasteiger partial charge in [-0.15, -0.1) is 0 Å². The minimum absolute atomic E-state index is 0.152. The van der Waals surface area contributed by atoms with E-state index in [2.05, 4.69) is 21.3 Å². The summed E-state index contributed by atoms with van der Waals surface area (Å²) in [6.07, 6.45) is 0.606. The maximum Gasteiger partial charge on any atom is 0.385 e. The number of ketones is 1. The molecule has 1 aromatic heterocycles. The van der Waals surface area contributed by atoms with Crippen LogP contribution in [-0.4, -0.2) is 23.3 Å². The Hall–Kier alpha value is -1.30. The molecule has 0 radical (unpaired) electrons. The predicted molar refractivity (Wildman–Crippen MR) is 45.9 cm³/mol. The first kappa shape index (κ1) is 11.8. The second-order valence-electron chi connectivity index (χ2n) is 2.53. The van der Waals surface area contributed by atoms with E-state index in [9.17, 15) is 18.0 Å². The summed E-state index contributed by atoms with van der Waals surface area (Å²) < 4.78 is 42.3. The molecule has 1 rings (SSSR count). The molecule has 0 saturated heterocycles. The van der Waals surface area contributed by atoms with Gasteiger partial charge in [0.1, 0.15) is 0 Å². The van der Waals surface area contributed by atoms with Crippen LogP contribution < -0.4 is 4.74 Å². The lowest BCUT2D eigenvalue weighted by atomic mass is 10.1. The quantitative estimate of drug-likeness (QED) is 0.600. The summed E-state index contributed by atoms with van der Waals surface area (Å²) in [4.78, 5) is 14.3. The molecule has 0 atom stereocenters. The molecule has 0 aromatic carbocycles. The van der Waals surface area contributed by atoms with Crippen molar-refractivity contribution in [2.45, 2.75) is 5.38 Å². The van der Waals surface area contributed by atoms with E-state index in [0.717, 1.165) is 6.07 Å². The van der Waals surface area contributed by atoms with Crippen molar-refractivity contribution in [3.8, 4) is 5.88 Å². The number of ether oxygens (including phenoxy) is 1. The first-order valence-electron chi connectivity index (χ1n) is 3.67. The van der Waals surface area contributed by atoms with Crippen LogP contribution in [0.5, 0.6) is 5.88 Å². The molecule has 1 aromatic rings. The van der Waals surface area contributed by atoms with Crippen LogP contribution in [0.3, 0.4) is 0 Å². The molecule has 0 N–H and O–H groups in total. The molecule has 0 spiro atoms. The minimum Gasteiger partial charge on any atom is -0.481 e. The second kappa shape index (κ2) is 4.06. The highest BCUT2D eigenvalue weighted by atomic mass is 35.5. The monoisotopic (exact) mass is 239 g/mol. The summed E-state index contributed by atoms with van der Waals surface area (Å²) in [6, 6.07) is 0.758. The van der Waals surface area contributed by atoms with E-state index in [4.69, 9.17) is 0 Å². The highest BCUT2D eigenvalue weighted by Crippen LogP contribution is 2.26. The van der Waals surface area contributed by atoms with Crippen LogP contribution in [0.4, 0.5) is 13.2 Å². The van der Waals surface area contributed by atoms with Crippen LogP contribution in [0.25, 0.3) is 0 Å². The smallest absolute Gasteiger partial charge is 0.385 e. The Bertz CT molecular complexity index is 392. The lowest BCUT2D eigenvalue weighted by Crippen LogP contribution is -2.22. The number of Topliss-reactive ketones (excluding diaryl/α,β-unsaturated/α-hetero) is 1. The number of pyridine rings is 1. The molecule has 0 aliphatic rings. The summed E-state index contributed by atoms with van der Waals surface area (Å²) in [5, 5.41) is -4.15. The van der Waals surface area contributed by atoms with E-state index >= 15 is 0 Å². The van der Waals surface area contributed by atoms with Gasteiger partial charge >= 0.3 is 5.38 Å². The standard InChI is InChI=1S/C8H5ClF3NO2/c1-15-6-2-4(5(10)3-13-6)7(14)8(9,11)12/h2-3H,1H3. The van der Waals surface area contributed by atoms with Crippen molar-refractivity contribution >= 4 is 17.4 Å². The topological polar surface area (TPSA) is 39.2 Å². The van der Waals surface area contributed by atoms with Crippen molar-refractivity contribution in [3.63, 3.8) is 0 Å². The summed E-state index contributed by atoms with van der Waals surface area (Å²) in [5.41, 5.74) is -0.859. The average molecular weight is 240 g/mol. The largest absolute Gasteiger partial charge is 0.481 e. The molecule has 15 heavy (non-hydrogen) atoms. The maximum absolute atomic E-state index is 13.0. The summed E-state index contributed by atoms with van der Waals surface area (Å²) in [6.45, 7) is 0. The van der Waals surface area contributed by atoms with E-state index in [-0.39, 0.29) is 5.88 Å². The number of carbonyl (C=O) groups is 1. The van der Waals surface area contributed by atoms with E-state index in [0.29, 0.717) is 6.20 Å². The highest BCUT2D eigenvalue weighted by molar-refractivity contribution is 6.35. The second-order valence-corrected chi connectivity index (χ2v) is 3.01. The Morgan fingerprint density at radius 2 is 2.20 bits per heavy atom. The first-order chi connectivity index (χ1) is 6.86. The molecular weight excluding hydrogens is 235 g/mol. The number of rotatable bonds is 3. The highest BCUT2D eigenvalue weighted by Gasteiger charge is 2.38. The number of nitrogens with zero attached hydrogens (tertiary/aromatic N) is 1. The Labute approximate surface area is 87.8 Å². The predicted octanol–water partition coefficient (Wildman–Crippen LogP) is 2.24. The van der Waals surface area contributed by atoms with Crippen molar-refractivity contribution in [1.82, 2.24) is 4.98 Å². The zero-order valence-electron chi connectivity index (χ0n) is 7.43. The summed E-state index contributed by atoms with van der Waals surface area (Å²) >= 11 is 4.47. The molecule has 0 amide bonds. The molecule has 0 bridgehead atoms. The van der Waals surface area contributed by atoms with Crippen molar-refractivity contribution in [2.24, 2.45) is 0 Å². The molecule has 0 unspecified atom stereocenters. The fourth-order valence-electron chi connectivity index (χ4n) is 0.858. The molecule has 0 aliphatic carbocycles. The van der Waals surface area contributed by atoms with Crippen LogP contribution in [0.2, 0.25) is 0 Å². The van der Waals surface area contributed by atoms with Crippen molar-refractivity contribution in [1.29, 1.82) is 0 Å². The molecule has 1 heterocycles. The van der Waals surface area contributed by atoms with Crippen molar-refractivity contribution < 1.29 is 22.7 Å². The van der Waals surface area contributed by atoms with E-state index in [1.807, 2.05) is 0 Å². The van der Waals surface area contributed by atoms with Gasteiger partial charge in [0.05, 0.1) is 18.9 Å². The van der Waals surface area contributed by atoms with Gasteiger partial charge in [-0.05, 0) is 11.6 Å². The normalized spacial score (nSPS) is 11.3. The zero-order valence-corrected chi connectivity index (χ0v) is 8.19. The minimum atomic E-state index is -4.15. The number of methoxy groups -OCH3 is 1. The summed E-state index contributed by atoms with van der Waals surface area (Å²) in [5.74, 6) is -3.16. The first-order valence-corrected chi connectivity index (χ1v) is 4.05. The van der Waals surface area contributed by atoms with Gasteiger partial charge in [-0.2, -0.15) is 8.78 Å². The van der Waals surface area contributed by atoms with Gasteiger partial charge in [-0.3, -0.25) is 4.79 Å². The molecule has 0 aliphatic heterocycles. The molecule has 82 valence electrons. The number of hydrogen-bond acceptors (Lipinski definition) is 3. The number of hydrogen-bond donors (Lipinski definition) is 0. The van der Waals surface area contributed by atoms with E-state index in [1.54, 1.807) is 0 Å².